The van der Waals surface area contributed by atoms with Gasteiger partial charge in [-0.2, -0.15) is 0 Å². The fourth-order valence-corrected chi connectivity index (χ4v) is 5.84. The maximum absolute atomic E-state index is 12.7. The second kappa shape index (κ2) is 33.2. The molecule has 4 N–H and O–H groups in total. The van der Waals surface area contributed by atoms with Crippen LogP contribution >= 0.6 is 0 Å². The van der Waals surface area contributed by atoms with E-state index in [-0.39, 0.29) is 32.0 Å². The van der Waals surface area contributed by atoms with E-state index in [0.29, 0.717) is 6.42 Å². The van der Waals surface area contributed by atoms with Crippen LogP contribution in [0.3, 0.4) is 0 Å². The highest BCUT2D eigenvalue weighted by Crippen LogP contribution is 2.22. The Balaban J connectivity index is 2.40. The molecule has 0 amide bonds. The van der Waals surface area contributed by atoms with Crippen molar-refractivity contribution in [3.63, 3.8) is 0 Å². The third-order valence-corrected chi connectivity index (χ3v) is 9.07. The summed E-state index contributed by atoms with van der Waals surface area (Å²) < 4.78 is 22.0. The summed E-state index contributed by atoms with van der Waals surface area (Å²) in [4.78, 5) is 25.2. The van der Waals surface area contributed by atoms with Crippen molar-refractivity contribution >= 4 is 11.9 Å². The molecule has 1 fully saturated rings. The molecule has 3 unspecified atom stereocenters. The lowest BCUT2D eigenvalue weighted by Crippen LogP contribution is -2.59. The summed E-state index contributed by atoms with van der Waals surface area (Å²) in [6, 6.07) is 0. The molecule has 10 nitrogen and oxygen atoms in total. The number of hydrogen-bond donors (Lipinski definition) is 4. The van der Waals surface area contributed by atoms with Crippen molar-refractivity contribution < 1.29 is 49.0 Å². The van der Waals surface area contributed by atoms with Gasteiger partial charge in [-0.3, -0.25) is 9.59 Å². The normalized spacial score (nSPS) is 21.5. The number of rotatable bonds is 32. The van der Waals surface area contributed by atoms with Crippen LogP contribution in [0, 0.1) is 0 Å². The molecule has 1 aliphatic rings. The summed E-state index contributed by atoms with van der Waals surface area (Å²) in [6.07, 6.45) is 29.8. The predicted molar refractivity (Wildman–Crippen MR) is 205 cm³/mol. The van der Waals surface area contributed by atoms with Crippen molar-refractivity contribution in [2.24, 2.45) is 0 Å². The third kappa shape index (κ3) is 24.8. The van der Waals surface area contributed by atoms with Gasteiger partial charge < -0.3 is 39.4 Å². The molecule has 0 aliphatic carbocycles. The van der Waals surface area contributed by atoms with E-state index >= 15 is 0 Å². The molecule has 0 spiro atoms. The Hall–Kier alpha value is -2.34. The van der Waals surface area contributed by atoms with E-state index in [1.54, 1.807) is 0 Å². The SMILES string of the molecule is CC/C=C/C=C/C=C/C=C/CCCCCC(=O)OC(COC(=O)CCCCCCCCCCCCCCCC)CO[C@H]1O[C@@H](CO)[C@@H](O)C(O)C1O. The van der Waals surface area contributed by atoms with Crippen molar-refractivity contribution in [1.82, 2.24) is 0 Å². The topological polar surface area (TPSA) is 152 Å². The smallest absolute Gasteiger partial charge is 0.306 e. The minimum Gasteiger partial charge on any atom is -0.462 e. The number of hydrogen-bond acceptors (Lipinski definition) is 10. The van der Waals surface area contributed by atoms with Crippen LogP contribution in [0.15, 0.2) is 48.6 Å². The molecule has 1 rings (SSSR count). The van der Waals surface area contributed by atoms with Crippen LogP contribution in [0.2, 0.25) is 0 Å². The lowest BCUT2D eigenvalue weighted by Gasteiger charge is -2.39. The second-order valence-corrected chi connectivity index (χ2v) is 13.8. The first-order valence-corrected chi connectivity index (χ1v) is 20.3. The fraction of sp³-hybridized carbons (Fsp3) is 0.762. The third-order valence-electron chi connectivity index (χ3n) is 9.07. The number of carbonyl (C=O) groups is 2. The van der Waals surface area contributed by atoms with Gasteiger partial charge in [0.25, 0.3) is 0 Å². The average Bonchev–Trinajstić information content (AvgIpc) is 3.14. The monoisotopic (exact) mass is 737 g/mol. The Morgan fingerprint density at radius 3 is 1.71 bits per heavy atom. The predicted octanol–water partition coefficient (Wildman–Crippen LogP) is 7.71. The van der Waals surface area contributed by atoms with Gasteiger partial charge in [0.1, 0.15) is 31.0 Å². The van der Waals surface area contributed by atoms with Gasteiger partial charge >= 0.3 is 11.9 Å². The molecule has 0 aromatic carbocycles. The highest BCUT2D eigenvalue weighted by Gasteiger charge is 2.44. The molecule has 6 atom stereocenters. The standard InChI is InChI=1S/C42H72O10/c1-3-5-7-9-11-13-15-17-19-20-22-24-26-28-30-37(44)49-33-35(34-50-42-41(48)40(47)39(46)36(32-43)52-42)51-38(45)31-29-27-25-23-21-18-16-14-12-10-8-6-4-2/h6,8,10,12,14,16,18,21,35-36,39-43,46-48H,3-5,7,9,11,13,15,17,19-20,22-34H2,1-2H3/b8-6+,12-10+,16-14+,21-18+/t35?,36-,39+,40?,41?,42-/m0/s1. The zero-order chi connectivity index (χ0) is 38.1. The van der Waals surface area contributed by atoms with Gasteiger partial charge in [0.2, 0.25) is 0 Å². The Kier molecular flexibility index (Phi) is 30.5. The highest BCUT2D eigenvalue weighted by atomic mass is 16.7. The summed E-state index contributed by atoms with van der Waals surface area (Å²) in [6.45, 7) is 3.22. The van der Waals surface area contributed by atoms with Crippen LogP contribution in [0.5, 0.6) is 0 Å². The number of aliphatic hydroxyl groups is 4. The Labute approximate surface area is 314 Å². The van der Waals surface area contributed by atoms with Crippen LogP contribution in [0.25, 0.3) is 0 Å². The quantitative estimate of drug-likeness (QED) is 0.0307. The van der Waals surface area contributed by atoms with E-state index in [4.69, 9.17) is 18.9 Å². The number of unbranched alkanes of at least 4 members (excludes halogenated alkanes) is 16. The van der Waals surface area contributed by atoms with Crippen LogP contribution in [0.1, 0.15) is 149 Å². The molecule has 0 bridgehead atoms. The fourth-order valence-electron chi connectivity index (χ4n) is 5.84. The lowest BCUT2D eigenvalue weighted by atomic mass is 9.99. The maximum atomic E-state index is 12.7. The minimum atomic E-state index is -1.60. The van der Waals surface area contributed by atoms with Crippen molar-refractivity contribution in [2.45, 2.75) is 185 Å². The average molecular weight is 737 g/mol. The molecule has 0 saturated carbocycles. The van der Waals surface area contributed by atoms with Crippen LogP contribution in [-0.2, 0) is 28.5 Å². The molecule has 0 radical (unpaired) electrons. The van der Waals surface area contributed by atoms with Crippen LogP contribution < -0.4 is 0 Å². The van der Waals surface area contributed by atoms with Crippen molar-refractivity contribution in [2.75, 3.05) is 19.8 Å². The second-order valence-electron chi connectivity index (χ2n) is 13.8. The van der Waals surface area contributed by atoms with Gasteiger partial charge in [0.15, 0.2) is 12.4 Å². The van der Waals surface area contributed by atoms with E-state index in [2.05, 4.69) is 26.0 Å². The Morgan fingerprint density at radius 1 is 0.615 bits per heavy atom. The minimum absolute atomic E-state index is 0.184. The molecule has 1 saturated heterocycles. The molecule has 10 heteroatoms. The van der Waals surface area contributed by atoms with E-state index in [1.165, 1.54) is 70.6 Å². The van der Waals surface area contributed by atoms with E-state index in [0.717, 1.165) is 44.9 Å². The maximum Gasteiger partial charge on any atom is 0.306 e. The van der Waals surface area contributed by atoms with Gasteiger partial charge in [-0.25, -0.2) is 0 Å². The summed E-state index contributed by atoms with van der Waals surface area (Å²) in [7, 11) is 0. The van der Waals surface area contributed by atoms with Crippen molar-refractivity contribution in [1.29, 1.82) is 0 Å². The van der Waals surface area contributed by atoms with Crippen molar-refractivity contribution in [3.05, 3.63) is 48.6 Å². The number of ether oxygens (including phenoxy) is 4. The van der Waals surface area contributed by atoms with Gasteiger partial charge in [0.05, 0.1) is 13.2 Å². The van der Waals surface area contributed by atoms with Gasteiger partial charge in [-0.1, -0.05) is 152 Å². The summed E-state index contributed by atoms with van der Waals surface area (Å²) >= 11 is 0. The summed E-state index contributed by atoms with van der Waals surface area (Å²) in [5, 5.41) is 39.9. The van der Waals surface area contributed by atoms with Gasteiger partial charge in [-0.05, 0) is 32.1 Å². The lowest BCUT2D eigenvalue weighted by molar-refractivity contribution is -0.305. The largest absolute Gasteiger partial charge is 0.462 e. The van der Waals surface area contributed by atoms with E-state index in [9.17, 15) is 30.0 Å². The van der Waals surface area contributed by atoms with Crippen LogP contribution in [0.4, 0.5) is 0 Å². The Bertz CT molecular complexity index is 991. The van der Waals surface area contributed by atoms with Crippen LogP contribution in [-0.4, -0.2) is 89.0 Å². The summed E-state index contributed by atoms with van der Waals surface area (Å²) in [5.74, 6) is -0.854. The Morgan fingerprint density at radius 2 is 1.13 bits per heavy atom. The first-order valence-electron chi connectivity index (χ1n) is 20.3. The number of allylic oxidation sites excluding steroid dienone is 8. The zero-order valence-corrected chi connectivity index (χ0v) is 32.3. The number of esters is 2. The van der Waals surface area contributed by atoms with Gasteiger partial charge in [0, 0.05) is 12.8 Å². The number of carbonyl (C=O) groups excluding carboxylic acids is 2. The molecule has 52 heavy (non-hydrogen) atoms. The molecule has 0 aromatic heterocycles. The van der Waals surface area contributed by atoms with Crippen molar-refractivity contribution in [3.8, 4) is 0 Å². The first-order chi connectivity index (χ1) is 25.3. The zero-order valence-electron chi connectivity index (χ0n) is 32.3. The summed E-state index contributed by atoms with van der Waals surface area (Å²) in [5.41, 5.74) is 0. The molecular weight excluding hydrogens is 664 g/mol. The molecule has 0 aromatic rings. The number of aliphatic hydroxyl groups excluding tert-OH is 4. The molecular formula is C42H72O10. The van der Waals surface area contributed by atoms with E-state index < -0.39 is 49.4 Å². The molecule has 1 heterocycles. The highest BCUT2D eigenvalue weighted by molar-refractivity contribution is 5.70. The first kappa shape index (κ1) is 47.7. The van der Waals surface area contributed by atoms with Gasteiger partial charge in [-0.15, -0.1) is 0 Å². The molecule has 1 aliphatic heterocycles. The molecule has 300 valence electrons. The van der Waals surface area contributed by atoms with E-state index in [1.807, 2.05) is 36.5 Å².